The van der Waals surface area contributed by atoms with Gasteiger partial charge in [0.05, 0.1) is 12.7 Å². The van der Waals surface area contributed by atoms with E-state index in [1.165, 1.54) is 11.1 Å². The average molecular weight is 223 g/mol. The van der Waals surface area contributed by atoms with E-state index in [1.54, 1.807) is 0 Å². The SMILES string of the molecule is CC1=C(C)CC(c2ccccc2Cl)OC1. The summed E-state index contributed by atoms with van der Waals surface area (Å²) in [6, 6.07) is 7.91. The molecule has 0 aliphatic carbocycles. The number of ether oxygens (including phenoxy) is 1. The Labute approximate surface area is 95.7 Å². The molecule has 1 aliphatic rings. The van der Waals surface area contributed by atoms with Crippen LogP contribution in [0, 0.1) is 0 Å². The standard InChI is InChI=1S/C13H15ClO/c1-9-7-13(15-8-10(9)2)11-5-3-4-6-12(11)14/h3-6,13H,7-8H2,1-2H3. The maximum Gasteiger partial charge on any atom is 0.0880 e. The molecule has 0 radical (unpaired) electrons. The molecule has 0 N–H and O–H groups in total. The van der Waals surface area contributed by atoms with Crippen LogP contribution in [-0.2, 0) is 4.74 Å². The van der Waals surface area contributed by atoms with Gasteiger partial charge >= 0.3 is 0 Å². The van der Waals surface area contributed by atoms with Gasteiger partial charge < -0.3 is 4.74 Å². The van der Waals surface area contributed by atoms with E-state index in [9.17, 15) is 0 Å². The Morgan fingerprint density at radius 1 is 1.20 bits per heavy atom. The predicted octanol–water partition coefficient (Wildman–Crippen LogP) is 4.14. The molecule has 80 valence electrons. The zero-order valence-corrected chi connectivity index (χ0v) is 9.84. The van der Waals surface area contributed by atoms with Gasteiger partial charge in [0.2, 0.25) is 0 Å². The highest BCUT2D eigenvalue weighted by Crippen LogP contribution is 2.34. The van der Waals surface area contributed by atoms with Crippen molar-refractivity contribution >= 4 is 11.6 Å². The molecule has 1 aromatic rings. The molecule has 0 aromatic heterocycles. The average Bonchev–Trinajstić information content (AvgIpc) is 2.23. The van der Waals surface area contributed by atoms with Gasteiger partial charge in [0.25, 0.3) is 0 Å². The molecule has 0 spiro atoms. The smallest absolute Gasteiger partial charge is 0.0880 e. The van der Waals surface area contributed by atoms with Gasteiger partial charge in [-0.05, 0) is 37.5 Å². The number of benzene rings is 1. The Kier molecular flexibility index (Phi) is 3.13. The van der Waals surface area contributed by atoms with Gasteiger partial charge in [-0.1, -0.05) is 35.4 Å². The van der Waals surface area contributed by atoms with Crippen LogP contribution in [0.4, 0.5) is 0 Å². The van der Waals surface area contributed by atoms with Crippen molar-refractivity contribution in [2.24, 2.45) is 0 Å². The minimum absolute atomic E-state index is 0.127. The summed E-state index contributed by atoms with van der Waals surface area (Å²) in [7, 11) is 0. The van der Waals surface area contributed by atoms with Gasteiger partial charge in [0.1, 0.15) is 0 Å². The van der Waals surface area contributed by atoms with E-state index in [2.05, 4.69) is 13.8 Å². The van der Waals surface area contributed by atoms with Crippen LogP contribution in [0.2, 0.25) is 5.02 Å². The molecule has 1 nitrogen and oxygen atoms in total. The summed E-state index contributed by atoms with van der Waals surface area (Å²) in [6.45, 7) is 5.02. The van der Waals surface area contributed by atoms with E-state index in [1.807, 2.05) is 24.3 Å². The lowest BCUT2D eigenvalue weighted by Crippen LogP contribution is -2.14. The van der Waals surface area contributed by atoms with Gasteiger partial charge in [-0.2, -0.15) is 0 Å². The van der Waals surface area contributed by atoms with Crippen molar-refractivity contribution in [3.05, 3.63) is 46.0 Å². The van der Waals surface area contributed by atoms with E-state index in [0.29, 0.717) is 0 Å². The molecule has 1 unspecified atom stereocenters. The third-order valence-electron chi connectivity index (χ3n) is 2.97. The first-order valence-corrected chi connectivity index (χ1v) is 5.57. The quantitative estimate of drug-likeness (QED) is 0.649. The lowest BCUT2D eigenvalue weighted by molar-refractivity contribution is 0.0579. The predicted molar refractivity (Wildman–Crippen MR) is 63.1 cm³/mol. The number of hydrogen-bond donors (Lipinski definition) is 0. The van der Waals surface area contributed by atoms with Crippen LogP contribution >= 0.6 is 11.6 Å². The van der Waals surface area contributed by atoms with Gasteiger partial charge in [-0.15, -0.1) is 0 Å². The molecule has 0 bridgehead atoms. The van der Waals surface area contributed by atoms with Crippen molar-refractivity contribution in [3.63, 3.8) is 0 Å². The van der Waals surface area contributed by atoms with E-state index < -0.39 is 0 Å². The molecule has 0 saturated heterocycles. The third-order valence-corrected chi connectivity index (χ3v) is 3.32. The summed E-state index contributed by atoms with van der Waals surface area (Å²) in [5.74, 6) is 0. The normalized spacial score (nSPS) is 21.9. The molecule has 0 fully saturated rings. The second kappa shape index (κ2) is 4.38. The second-order valence-corrected chi connectivity index (χ2v) is 4.49. The zero-order chi connectivity index (χ0) is 10.8. The molecule has 1 aromatic carbocycles. The second-order valence-electron chi connectivity index (χ2n) is 4.09. The Hall–Kier alpha value is -0.790. The van der Waals surface area contributed by atoms with Crippen molar-refractivity contribution in [1.82, 2.24) is 0 Å². The Bertz CT molecular complexity index is 395. The minimum atomic E-state index is 0.127. The maximum atomic E-state index is 6.15. The van der Waals surface area contributed by atoms with Crippen LogP contribution < -0.4 is 0 Å². The van der Waals surface area contributed by atoms with Gasteiger partial charge in [0, 0.05) is 5.02 Å². The fourth-order valence-electron chi connectivity index (χ4n) is 1.80. The lowest BCUT2D eigenvalue weighted by atomic mass is 9.97. The molecule has 15 heavy (non-hydrogen) atoms. The fraction of sp³-hybridized carbons (Fsp3) is 0.385. The monoisotopic (exact) mass is 222 g/mol. The Morgan fingerprint density at radius 2 is 1.93 bits per heavy atom. The topological polar surface area (TPSA) is 9.23 Å². The van der Waals surface area contributed by atoms with E-state index in [-0.39, 0.29) is 6.10 Å². The molecular weight excluding hydrogens is 208 g/mol. The highest BCUT2D eigenvalue weighted by Gasteiger charge is 2.20. The molecule has 1 aliphatic heterocycles. The minimum Gasteiger partial charge on any atom is -0.369 e. The van der Waals surface area contributed by atoms with Crippen molar-refractivity contribution in [2.75, 3.05) is 6.61 Å². The largest absolute Gasteiger partial charge is 0.369 e. The van der Waals surface area contributed by atoms with E-state index >= 15 is 0 Å². The molecular formula is C13H15ClO. The maximum absolute atomic E-state index is 6.15. The van der Waals surface area contributed by atoms with Crippen molar-refractivity contribution in [1.29, 1.82) is 0 Å². The molecule has 0 saturated carbocycles. The lowest BCUT2D eigenvalue weighted by Gasteiger charge is -2.26. The first-order chi connectivity index (χ1) is 7.18. The fourth-order valence-corrected chi connectivity index (χ4v) is 2.05. The van der Waals surface area contributed by atoms with Crippen LogP contribution in [0.25, 0.3) is 0 Å². The van der Waals surface area contributed by atoms with E-state index in [0.717, 1.165) is 23.6 Å². The van der Waals surface area contributed by atoms with Crippen molar-refractivity contribution in [2.45, 2.75) is 26.4 Å². The van der Waals surface area contributed by atoms with E-state index in [4.69, 9.17) is 16.3 Å². The summed E-state index contributed by atoms with van der Waals surface area (Å²) in [5.41, 5.74) is 3.87. The summed E-state index contributed by atoms with van der Waals surface area (Å²) in [6.07, 6.45) is 1.08. The Balaban J connectivity index is 2.24. The van der Waals surface area contributed by atoms with Gasteiger partial charge in [-0.25, -0.2) is 0 Å². The molecule has 1 atom stereocenters. The Morgan fingerprint density at radius 3 is 2.60 bits per heavy atom. The molecule has 2 rings (SSSR count). The number of halogens is 1. The van der Waals surface area contributed by atoms with Gasteiger partial charge in [-0.3, -0.25) is 0 Å². The number of rotatable bonds is 1. The number of hydrogen-bond acceptors (Lipinski definition) is 1. The van der Waals surface area contributed by atoms with Crippen LogP contribution in [0.5, 0.6) is 0 Å². The van der Waals surface area contributed by atoms with Crippen LogP contribution in [-0.4, -0.2) is 6.61 Å². The first-order valence-electron chi connectivity index (χ1n) is 5.19. The summed E-state index contributed by atoms with van der Waals surface area (Å²) in [5, 5.41) is 0.801. The van der Waals surface area contributed by atoms with Crippen LogP contribution in [0.15, 0.2) is 35.4 Å². The van der Waals surface area contributed by atoms with Gasteiger partial charge in [0.15, 0.2) is 0 Å². The molecule has 2 heteroatoms. The highest BCUT2D eigenvalue weighted by atomic mass is 35.5. The summed E-state index contributed by atoms with van der Waals surface area (Å²) in [4.78, 5) is 0. The zero-order valence-electron chi connectivity index (χ0n) is 9.09. The molecule has 1 heterocycles. The first kappa shape index (κ1) is 10.7. The van der Waals surface area contributed by atoms with Crippen molar-refractivity contribution < 1.29 is 4.74 Å². The summed E-state index contributed by atoms with van der Waals surface area (Å²) < 4.78 is 5.79. The third kappa shape index (κ3) is 2.24. The van der Waals surface area contributed by atoms with Crippen LogP contribution in [0.1, 0.15) is 31.9 Å². The highest BCUT2D eigenvalue weighted by molar-refractivity contribution is 6.31. The molecule has 0 amide bonds. The van der Waals surface area contributed by atoms with Crippen molar-refractivity contribution in [3.8, 4) is 0 Å². The van der Waals surface area contributed by atoms with Crippen LogP contribution in [0.3, 0.4) is 0 Å². The summed E-state index contributed by atoms with van der Waals surface area (Å²) >= 11 is 6.15.